The van der Waals surface area contributed by atoms with Crippen molar-refractivity contribution in [1.29, 1.82) is 0 Å². The topological polar surface area (TPSA) is 78.9 Å². The van der Waals surface area contributed by atoms with Gasteiger partial charge in [-0.15, -0.1) is 0 Å². The van der Waals surface area contributed by atoms with Crippen molar-refractivity contribution in [2.75, 3.05) is 26.7 Å². The minimum atomic E-state index is -5.08. The highest BCUT2D eigenvalue weighted by Crippen LogP contribution is 2.15. The summed E-state index contributed by atoms with van der Waals surface area (Å²) in [6.45, 7) is 3.10. The van der Waals surface area contributed by atoms with E-state index in [9.17, 15) is 18.0 Å². The van der Waals surface area contributed by atoms with E-state index in [0.29, 0.717) is 6.54 Å². The molecule has 1 aliphatic heterocycles. The number of carboxylic acid groups (broad SMARTS) is 1. The highest BCUT2D eigenvalue weighted by molar-refractivity contribution is 6.30. The van der Waals surface area contributed by atoms with Gasteiger partial charge in [-0.25, -0.2) is 4.79 Å². The first-order chi connectivity index (χ1) is 11.6. The number of hydrogen-bond acceptors (Lipinski definition) is 5. The molecule has 25 heavy (non-hydrogen) atoms. The zero-order valence-electron chi connectivity index (χ0n) is 13.3. The molecule has 0 aliphatic carbocycles. The number of nitrogens with one attached hydrogen (secondary N) is 1. The Morgan fingerprint density at radius 1 is 1.36 bits per heavy atom. The van der Waals surface area contributed by atoms with Crippen LogP contribution < -0.4 is 5.32 Å². The molecule has 1 aliphatic rings. The number of esters is 1. The van der Waals surface area contributed by atoms with Crippen LogP contribution in [-0.2, 0) is 20.9 Å². The molecule has 0 spiro atoms. The molecule has 1 heterocycles. The summed E-state index contributed by atoms with van der Waals surface area (Å²) < 4.78 is 36.6. The molecule has 10 heteroatoms. The molecule has 0 radical (unpaired) electrons. The van der Waals surface area contributed by atoms with Crippen LogP contribution in [0.2, 0.25) is 5.02 Å². The first-order valence-corrected chi connectivity index (χ1v) is 7.60. The van der Waals surface area contributed by atoms with Gasteiger partial charge in [0.1, 0.15) is 6.04 Å². The van der Waals surface area contributed by atoms with Crippen LogP contribution in [0, 0.1) is 0 Å². The van der Waals surface area contributed by atoms with Gasteiger partial charge in [0.05, 0.1) is 7.11 Å². The van der Waals surface area contributed by atoms with Gasteiger partial charge in [-0.2, -0.15) is 13.2 Å². The van der Waals surface area contributed by atoms with Crippen LogP contribution >= 0.6 is 11.6 Å². The Morgan fingerprint density at radius 2 is 1.92 bits per heavy atom. The van der Waals surface area contributed by atoms with Crippen LogP contribution in [0.15, 0.2) is 24.3 Å². The normalized spacial score (nSPS) is 18.0. The lowest BCUT2D eigenvalue weighted by atomic mass is 10.1. The van der Waals surface area contributed by atoms with Crippen LogP contribution in [0.25, 0.3) is 0 Å². The van der Waals surface area contributed by atoms with Gasteiger partial charge >= 0.3 is 18.1 Å². The second kappa shape index (κ2) is 9.59. The maximum Gasteiger partial charge on any atom is 0.490 e. The van der Waals surface area contributed by atoms with Crippen molar-refractivity contribution < 1.29 is 32.6 Å². The zero-order chi connectivity index (χ0) is 19.0. The average Bonchev–Trinajstić information content (AvgIpc) is 2.56. The number of ether oxygens (including phenoxy) is 1. The zero-order valence-corrected chi connectivity index (χ0v) is 14.1. The van der Waals surface area contributed by atoms with E-state index in [0.717, 1.165) is 30.2 Å². The van der Waals surface area contributed by atoms with Crippen molar-refractivity contribution in [3.63, 3.8) is 0 Å². The monoisotopic (exact) mass is 382 g/mol. The molecule has 2 N–H and O–H groups in total. The number of methoxy groups -OCH3 is 1. The van der Waals surface area contributed by atoms with Crippen molar-refractivity contribution in [1.82, 2.24) is 10.2 Å². The van der Waals surface area contributed by atoms with Crippen LogP contribution in [0.4, 0.5) is 13.2 Å². The number of carbonyl (C=O) groups excluding carboxylic acids is 1. The van der Waals surface area contributed by atoms with Crippen LogP contribution in [0.1, 0.15) is 5.56 Å². The summed E-state index contributed by atoms with van der Waals surface area (Å²) in [6.07, 6.45) is -5.08. The van der Waals surface area contributed by atoms with Gasteiger partial charge in [-0.1, -0.05) is 23.7 Å². The van der Waals surface area contributed by atoms with E-state index in [4.69, 9.17) is 26.2 Å². The summed E-state index contributed by atoms with van der Waals surface area (Å²) >= 11 is 5.86. The standard InChI is InChI=1S/C13H17ClN2O2.C2HF3O2/c1-18-13(17)12-8-15-6-7-16(12)9-10-2-4-11(14)5-3-10;3-2(4,5)1(6)7/h2-5,12,15H,6-9H2,1H3;(H,6,7)/t12-;/m1./s1. The smallest absolute Gasteiger partial charge is 0.475 e. The predicted octanol–water partition coefficient (Wildman–Crippen LogP) is 1.92. The third kappa shape index (κ3) is 7.29. The fourth-order valence-electron chi connectivity index (χ4n) is 2.13. The van der Waals surface area contributed by atoms with Gasteiger partial charge in [-0.3, -0.25) is 9.69 Å². The molecule has 140 valence electrons. The van der Waals surface area contributed by atoms with Crippen LogP contribution in [0.3, 0.4) is 0 Å². The predicted molar refractivity (Wildman–Crippen MR) is 84.2 cm³/mol. The number of aliphatic carboxylic acids is 1. The maximum absolute atomic E-state index is 11.7. The molecule has 2 rings (SSSR count). The lowest BCUT2D eigenvalue weighted by molar-refractivity contribution is -0.192. The number of benzene rings is 1. The van der Waals surface area contributed by atoms with E-state index in [1.807, 2.05) is 24.3 Å². The molecule has 0 bridgehead atoms. The summed E-state index contributed by atoms with van der Waals surface area (Å²) in [4.78, 5) is 22.7. The Kier molecular flexibility index (Phi) is 8.14. The Bertz CT molecular complexity index is 581. The molecular formula is C15H18ClF3N2O4. The van der Waals surface area contributed by atoms with Crippen molar-refractivity contribution in [2.45, 2.75) is 18.8 Å². The average molecular weight is 383 g/mol. The van der Waals surface area contributed by atoms with E-state index >= 15 is 0 Å². The van der Waals surface area contributed by atoms with Crippen molar-refractivity contribution >= 4 is 23.5 Å². The van der Waals surface area contributed by atoms with E-state index < -0.39 is 12.1 Å². The molecule has 1 fully saturated rings. The second-order valence-corrected chi connectivity index (χ2v) is 5.58. The fourth-order valence-corrected chi connectivity index (χ4v) is 2.25. The van der Waals surface area contributed by atoms with Crippen molar-refractivity contribution in [3.8, 4) is 0 Å². The molecule has 1 atom stereocenters. The highest BCUT2D eigenvalue weighted by atomic mass is 35.5. The molecule has 0 saturated carbocycles. The summed E-state index contributed by atoms with van der Waals surface area (Å²) in [5, 5.41) is 11.1. The number of halogens is 4. The largest absolute Gasteiger partial charge is 0.490 e. The van der Waals surface area contributed by atoms with Gasteiger partial charge in [0.15, 0.2) is 0 Å². The summed E-state index contributed by atoms with van der Waals surface area (Å²) in [6, 6.07) is 7.50. The highest BCUT2D eigenvalue weighted by Gasteiger charge is 2.38. The Labute approximate surface area is 147 Å². The molecule has 0 amide bonds. The van der Waals surface area contributed by atoms with Crippen LogP contribution in [0.5, 0.6) is 0 Å². The fraction of sp³-hybridized carbons (Fsp3) is 0.467. The SMILES string of the molecule is COC(=O)[C@H]1CNCCN1Cc1ccc(Cl)cc1.O=C(O)C(F)(F)F. The maximum atomic E-state index is 11.7. The third-order valence-electron chi connectivity index (χ3n) is 3.37. The molecule has 1 aromatic rings. The van der Waals surface area contributed by atoms with Gasteiger partial charge in [0, 0.05) is 31.2 Å². The first-order valence-electron chi connectivity index (χ1n) is 7.22. The van der Waals surface area contributed by atoms with Gasteiger partial charge in [0.2, 0.25) is 0 Å². The van der Waals surface area contributed by atoms with E-state index in [1.54, 1.807) is 0 Å². The number of piperazine rings is 1. The summed E-state index contributed by atoms with van der Waals surface area (Å²) in [7, 11) is 1.43. The molecule has 1 saturated heterocycles. The van der Waals surface area contributed by atoms with Crippen molar-refractivity contribution in [3.05, 3.63) is 34.9 Å². The van der Waals surface area contributed by atoms with E-state index in [1.165, 1.54) is 7.11 Å². The summed E-state index contributed by atoms with van der Waals surface area (Å²) in [5.41, 5.74) is 1.15. The number of nitrogens with zero attached hydrogens (tertiary/aromatic N) is 1. The van der Waals surface area contributed by atoms with Crippen LogP contribution in [-0.4, -0.2) is 60.9 Å². The van der Waals surface area contributed by atoms with E-state index in [-0.39, 0.29) is 12.0 Å². The van der Waals surface area contributed by atoms with Crippen molar-refractivity contribution in [2.24, 2.45) is 0 Å². The number of hydrogen-bond donors (Lipinski definition) is 2. The second-order valence-electron chi connectivity index (χ2n) is 5.14. The minimum Gasteiger partial charge on any atom is -0.475 e. The molecular weight excluding hydrogens is 365 g/mol. The lowest BCUT2D eigenvalue weighted by Crippen LogP contribution is -2.54. The molecule has 1 aromatic carbocycles. The summed E-state index contributed by atoms with van der Waals surface area (Å²) in [5.74, 6) is -2.94. The van der Waals surface area contributed by atoms with E-state index in [2.05, 4.69) is 10.2 Å². The van der Waals surface area contributed by atoms with Gasteiger partial charge in [-0.05, 0) is 17.7 Å². The number of rotatable bonds is 3. The lowest BCUT2D eigenvalue weighted by Gasteiger charge is -2.34. The Morgan fingerprint density at radius 3 is 2.40 bits per heavy atom. The number of carboxylic acids is 1. The first kappa shape index (κ1) is 21.2. The third-order valence-corrected chi connectivity index (χ3v) is 3.62. The molecule has 6 nitrogen and oxygen atoms in total. The van der Waals surface area contributed by atoms with Gasteiger partial charge in [0.25, 0.3) is 0 Å². The Hall–Kier alpha value is -1.84. The Balaban J connectivity index is 0.000000381. The number of alkyl halides is 3. The molecule has 0 unspecified atom stereocenters. The van der Waals surface area contributed by atoms with Gasteiger partial charge < -0.3 is 15.2 Å². The molecule has 0 aromatic heterocycles. The minimum absolute atomic E-state index is 0.184. The quantitative estimate of drug-likeness (QED) is 0.778. The number of carbonyl (C=O) groups is 2.